The number of hydrogen-bond acceptors (Lipinski definition) is 4. The highest BCUT2D eigenvalue weighted by Crippen LogP contribution is 2.28. The molecular formula is C8H11ClN2O3S. The number of nitrogens with two attached hydrogens (primary N) is 1. The molecule has 0 radical (unpaired) electrons. The van der Waals surface area contributed by atoms with E-state index in [-0.39, 0.29) is 5.69 Å². The molecule has 0 bridgehead atoms. The first-order valence-corrected chi connectivity index (χ1v) is 6.17. The monoisotopic (exact) mass is 250 g/mol. The van der Waals surface area contributed by atoms with Crippen LogP contribution in [0.3, 0.4) is 0 Å². The van der Waals surface area contributed by atoms with Gasteiger partial charge < -0.3 is 4.74 Å². The molecule has 0 amide bonds. The predicted octanol–water partition coefficient (Wildman–Crippen LogP) is 0.988. The van der Waals surface area contributed by atoms with Crippen LogP contribution in [0.15, 0.2) is 18.2 Å². The first-order valence-electron chi connectivity index (χ1n) is 3.95. The van der Waals surface area contributed by atoms with Gasteiger partial charge in [-0.3, -0.25) is 0 Å². The lowest BCUT2D eigenvalue weighted by Gasteiger charge is -2.16. The molecule has 0 aromatic heterocycles. The average Bonchev–Trinajstić information content (AvgIpc) is 2.15. The largest absolute Gasteiger partial charge is 0.495 e. The van der Waals surface area contributed by atoms with Crippen molar-refractivity contribution in [3.05, 3.63) is 23.2 Å². The minimum atomic E-state index is -3.48. The summed E-state index contributed by atoms with van der Waals surface area (Å²) in [4.78, 5) is 0. The Hall–Kier alpha value is -0.980. The van der Waals surface area contributed by atoms with Gasteiger partial charge in [0.2, 0.25) is 10.0 Å². The van der Waals surface area contributed by atoms with Crippen LogP contribution in [0.25, 0.3) is 0 Å². The second-order valence-electron chi connectivity index (χ2n) is 2.88. The number of benzene rings is 1. The molecule has 7 heteroatoms. The molecular weight excluding hydrogens is 240 g/mol. The van der Waals surface area contributed by atoms with Crippen molar-refractivity contribution in [2.45, 2.75) is 0 Å². The van der Waals surface area contributed by atoms with Crippen LogP contribution in [-0.4, -0.2) is 21.8 Å². The van der Waals surface area contributed by atoms with Crippen LogP contribution in [0.2, 0.25) is 5.02 Å². The maximum atomic E-state index is 11.1. The highest BCUT2D eigenvalue weighted by Gasteiger charge is 2.14. The fourth-order valence-electron chi connectivity index (χ4n) is 0.984. The predicted molar refractivity (Wildman–Crippen MR) is 59.5 cm³/mol. The molecule has 1 aromatic carbocycles. The van der Waals surface area contributed by atoms with Gasteiger partial charge in [-0.15, -0.1) is 0 Å². The van der Waals surface area contributed by atoms with Crippen LogP contribution < -0.4 is 15.0 Å². The standard InChI is InChI=1S/C8H11ClN2O3S/c1-14-8-4-3-6(5-7(8)9)11(10)15(2,12)13/h3-5H,10H2,1-2H3. The van der Waals surface area contributed by atoms with Gasteiger partial charge in [0.05, 0.1) is 24.1 Å². The maximum absolute atomic E-state index is 11.1. The second-order valence-corrected chi connectivity index (χ2v) is 5.14. The maximum Gasteiger partial charge on any atom is 0.245 e. The molecule has 15 heavy (non-hydrogen) atoms. The van der Waals surface area contributed by atoms with Gasteiger partial charge >= 0.3 is 0 Å². The van der Waals surface area contributed by atoms with Crippen molar-refractivity contribution in [1.29, 1.82) is 0 Å². The van der Waals surface area contributed by atoms with Gasteiger partial charge in [0.15, 0.2) is 0 Å². The van der Waals surface area contributed by atoms with Gasteiger partial charge in [0, 0.05) is 0 Å². The highest BCUT2D eigenvalue weighted by molar-refractivity contribution is 7.92. The Morgan fingerprint density at radius 2 is 2.07 bits per heavy atom. The third kappa shape index (κ3) is 2.74. The normalized spacial score (nSPS) is 11.2. The summed E-state index contributed by atoms with van der Waals surface area (Å²) in [6.07, 6.45) is 1.01. The Morgan fingerprint density at radius 1 is 1.47 bits per heavy atom. The van der Waals surface area contributed by atoms with Crippen molar-refractivity contribution in [2.24, 2.45) is 5.84 Å². The van der Waals surface area contributed by atoms with E-state index in [1.807, 2.05) is 0 Å². The van der Waals surface area contributed by atoms with E-state index in [0.717, 1.165) is 6.26 Å². The zero-order valence-electron chi connectivity index (χ0n) is 8.27. The number of anilines is 1. The van der Waals surface area contributed by atoms with E-state index >= 15 is 0 Å². The van der Waals surface area contributed by atoms with Crippen molar-refractivity contribution in [1.82, 2.24) is 0 Å². The summed E-state index contributed by atoms with van der Waals surface area (Å²) >= 11 is 5.82. The fraction of sp³-hybridized carbons (Fsp3) is 0.250. The van der Waals surface area contributed by atoms with E-state index in [9.17, 15) is 8.42 Å². The minimum absolute atomic E-state index is 0.281. The summed E-state index contributed by atoms with van der Waals surface area (Å²) in [5, 5.41) is 0.300. The van der Waals surface area contributed by atoms with Gasteiger partial charge in [-0.1, -0.05) is 11.6 Å². The van der Waals surface area contributed by atoms with E-state index in [0.29, 0.717) is 15.2 Å². The molecule has 2 N–H and O–H groups in total. The van der Waals surface area contributed by atoms with E-state index in [1.165, 1.54) is 19.2 Å². The summed E-state index contributed by atoms with van der Waals surface area (Å²) < 4.78 is 27.8. The number of hydrazine groups is 1. The number of ether oxygens (including phenoxy) is 1. The molecule has 0 fully saturated rings. The Bertz CT molecular complexity index is 461. The molecule has 0 aliphatic rings. The number of methoxy groups -OCH3 is 1. The Labute approximate surface area is 93.4 Å². The quantitative estimate of drug-likeness (QED) is 0.641. The summed E-state index contributed by atoms with van der Waals surface area (Å²) in [6, 6.07) is 4.47. The molecule has 0 aliphatic carbocycles. The SMILES string of the molecule is COc1ccc(N(N)S(C)(=O)=O)cc1Cl. The lowest BCUT2D eigenvalue weighted by molar-refractivity contribution is 0.415. The Morgan fingerprint density at radius 3 is 2.47 bits per heavy atom. The summed E-state index contributed by atoms with van der Waals surface area (Å²) in [7, 11) is -2.01. The molecule has 1 rings (SSSR count). The topological polar surface area (TPSA) is 72.6 Å². The summed E-state index contributed by atoms with van der Waals surface area (Å²) in [5.41, 5.74) is 0.281. The summed E-state index contributed by atoms with van der Waals surface area (Å²) in [6.45, 7) is 0. The summed E-state index contributed by atoms with van der Waals surface area (Å²) in [5.74, 6) is 5.84. The van der Waals surface area contributed by atoms with Crippen LogP contribution in [0.1, 0.15) is 0 Å². The van der Waals surface area contributed by atoms with Gasteiger partial charge in [0.1, 0.15) is 5.75 Å². The fourth-order valence-corrected chi connectivity index (χ4v) is 1.73. The van der Waals surface area contributed by atoms with Crippen LogP contribution in [0, 0.1) is 0 Å². The number of sulfonamides is 1. The van der Waals surface area contributed by atoms with Gasteiger partial charge in [-0.2, -0.15) is 0 Å². The number of halogens is 1. The van der Waals surface area contributed by atoms with Crippen LogP contribution in [0.5, 0.6) is 5.75 Å². The molecule has 0 saturated heterocycles. The highest BCUT2D eigenvalue weighted by atomic mass is 35.5. The van der Waals surface area contributed by atoms with E-state index in [1.54, 1.807) is 6.07 Å². The average molecular weight is 251 g/mol. The molecule has 0 spiro atoms. The van der Waals surface area contributed by atoms with Crippen molar-refractivity contribution in [3.63, 3.8) is 0 Å². The first kappa shape index (κ1) is 12.1. The third-order valence-electron chi connectivity index (χ3n) is 1.75. The molecule has 5 nitrogen and oxygen atoms in total. The minimum Gasteiger partial charge on any atom is -0.495 e. The van der Waals surface area contributed by atoms with Crippen molar-refractivity contribution >= 4 is 27.3 Å². The Kier molecular flexibility index (Phi) is 3.43. The molecule has 0 atom stereocenters. The lowest BCUT2D eigenvalue weighted by atomic mass is 10.3. The molecule has 0 unspecified atom stereocenters. The van der Waals surface area contributed by atoms with Crippen LogP contribution in [0.4, 0.5) is 5.69 Å². The molecule has 1 aromatic rings. The van der Waals surface area contributed by atoms with Gasteiger partial charge in [-0.05, 0) is 18.2 Å². The number of rotatable bonds is 3. The molecule has 84 valence electrons. The smallest absolute Gasteiger partial charge is 0.245 e. The van der Waals surface area contributed by atoms with Crippen molar-refractivity contribution in [2.75, 3.05) is 17.8 Å². The Balaban J connectivity index is 3.13. The van der Waals surface area contributed by atoms with Crippen LogP contribution >= 0.6 is 11.6 Å². The molecule has 0 heterocycles. The van der Waals surface area contributed by atoms with Gasteiger partial charge in [-0.25, -0.2) is 18.7 Å². The van der Waals surface area contributed by atoms with Crippen LogP contribution in [-0.2, 0) is 10.0 Å². The zero-order chi connectivity index (χ0) is 11.6. The molecule has 0 saturated carbocycles. The lowest BCUT2D eigenvalue weighted by Crippen LogP contribution is -2.36. The first-order chi connectivity index (χ1) is 6.86. The zero-order valence-corrected chi connectivity index (χ0v) is 9.84. The van der Waals surface area contributed by atoms with Crippen molar-refractivity contribution < 1.29 is 13.2 Å². The van der Waals surface area contributed by atoms with E-state index in [2.05, 4.69) is 0 Å². The second kappa shape index (κ2) is 4.26. The van der Waals surface area contributed by atoms with E-state index < -0.39 is 10.0 Å². The molecule has 0 aliphatic heterocycles. The van der Waals surface area contributed by atoms with E-state index in [4.69, 9.17) is 22.2 Å². The number of nitrogens with zero attached hydrogens (tertiary/aromatic N) is 1. The number of hydrogen-bond donors (Lipinski definition) is 1. The third-order valence-corrected chi connectivity index (χ3v) is 2.97. The van der Waals surface area contributed by atoms with Gasteiger partial charge in [0.25, 0.3) is 0 Å². The van der Waals surface area contributed by atoms with Crippen molar-refractivity contribution in [3.8, 4) is 5.75 Å².